The third-order valence-electron chi connectivity index (χ3n) is 3.96. The molecule has 0 spiro atoms. The van der Waals surface area contributed by atoms with Crippen LogP contribution in [0.2, 0.25) is 0 Å². The first kappa shape index (κ1) is 16.0. The second-order valence-electron chi connectivity index (χ2n) is 6.17. The maximum Gasteiger partial charge on any atom is 0.0977 e. The Morgan fingerprint density at radius 2 is 1.21 bits per heavy atom. The van der Waals surface area contributed by atoms with Gasteiger partial charge in [-0.15, -0.1) is 0 Å². The number of nitrogens with one attached hydrogen (secondary N) is 1. The Morgan fingerprint density at radius 1 is 0.667 bits per heavy atom. The van der Waals surface area contributed by atoms with Crippen LogP contribution >= 0.6 is 0 Å². The average Bonchev–Trinajstić information content (AvgIpc) is 2.58. The zero-order valence-corrected chi connectivity index (χ0v) is 14.4. The summed E-state index contributed by atoms with van der Waals surface area (Å²) in [7, 11) is 0. The fourth-order valence-corrected chi connectivity index (χ4v) is 2.55. The van der Waals surface area contributed by atoms with Gasteiger partial charge in [0, 0.05) is 11.1 Å². The fourth-order valence-electron chi connectivity index (χ4n) is 2.55. The van der Waals surface area contributed by atoms with E-state index in [2.05, 4.69) is 86.9 Å². The van der Waals surface area contributed by atoms with Crippen LogP contribution in [0.5, 0.6) is 0 Å². The van der Waals surface area contributed by atoms with Crippen LogP contribution < -0.4 is 5.43 Å². The molecule has 0 fully saturated rings. The van der Waals surface area contributed by atoms with E-state index in [1.807, 2.05) is 12.1 Å². The third-order valence-corrected chi connectivity index (χ3v) is 3.96. The van der Waals surface area contributed by atoms with Gasteiger partial charge in [-0.1, -0.05) is 71.8 Å². The van der Waals surface area contributed by atoms with Crippen molar-refractivity contribution in [2.24, 2.45) is 5.10 Å². The minimum atomic E-state index is 0.941. The van der Waals surface area contributed by atoms with Gasteiger partial charge < -0.3 is 0 Å². The molecule has 1 N–H and O–H groups in total. The van der Waals surface area contributed by atoms with Crippen LogP contribution in [0, 0.1) is 20.8 Å². The number of hydrogen-bond donors (Lipinski definition) is 1. The molecule has 0 saturated heterocycles. The van der Waals surface area contributed by atoms with Crippen molar-refractivity contribution in [2.75, 3.05) is 5.43 Å². The number of nitrogens with zero attached hydrogens (tertiary/aromatic N) is 1. The summed E-state index contributed by atoms with van der Waals surface area (Å²) < 4.78 is 0. The van der Waals surface area contributed by atoms with Crippen LogP contribution in [0.15, 0.2) is 77.9 Å². The molecule has 120 valence electrons. The summed E-state index contributed by atoms with van der Waals surface area (Å²) in [6.45, 7) is 6.27. The first-order valence-electron chi connectivity index (χ1n) is 8.16. The number of hydrogen-bond acceptors (Lipinski definition) is 2. The molecule has 3 rings (SSSR count). The Hall–Kier alpha value is -2.87. The average molecular weight is 314 g/mol. The van der Waals surface area contributed by atoms with Crippen molar-refractivity contribution < 1.29 is 0 Å². The van der Waals surface area contributed by atoms with Gasteiger partial charge in [-0.3, -0.25) is 5.43 Å². The summed E-state index contributed by atoms with van der Waals surface area (Å²) in [5.41, 5.74) is 11.0. The fraction of sp³-hybridized carbons (Fsp3) is 0.136. The lowest BCUT2D eigenvalue weighted by Crippen LogP contribution is -2.07. The summed E-state index contributed by atoms with van der Waals surface area (Å²) in [4.78, 5) is 0. The topological polar surface area (TPSA) is 24.4 Å². The van der Waals surface area contributed by atoms with Gasteiger partial charge in [0.25, 0.3) is 0 Å². The zero-order valence-electron chi connectivity index (χ0n) is 14.4. The highest BCUT2D eigenvalue weighted by atomic mass is 15.3. The lowest BCUT2D eigenvalue weighted by Gasteiger charge is -2.10. The van der Waals surface area contributed by atoms with E-state index < -0.39 is 0 Å². The predicted octanol–water partition coefficient (Wildman–Crippen LogP) is 5.48. The normalized spacial score (nSPS) is 10.3. The lowest BCUT2D eigenvalue weighted by atomic mass is 10.0. The van der Waals surface area contributed by atoms with Gasteiger partial charge in [-0.05, 0) is 38.5 Å². The van der Waals surface area contributed by atoms with Crippen LogP contribution in [-0.2, 0) is 0 Å². The van der Waals surface area contributed by atoms with Gasteiger partial charge in [0.2, 0.25) is 0 Å². The molecule has 0 heterocycles. The molecule has 2 heteroatoms. The van der Waals surface area contributed by atoms with Crippen LogP contribution in [0.4, 0.5) is 5.69 Å². The van der Waals surface area contributed by atoms with Crippen molar-refractivity contribution in [2.45, 2.75) is 20.8 Å². The van der Waals surface area contributed by atoms with Crippen molar-refractivity contribution in [1.82, 2.24) is 0 Å². The molecule has 0 aliphatic rings. The second kappa shape index (κ2) is 7.14. The van der Waals surface area contributed by atoms with E-state index in [9.17, 15) is 0 Å². The van der Waals surface area contributed by atoms with Crippen LogP contribution in [-0.4, -0.2) is 5.71 Å². The van der Waals surface area contributed by atoms with Crippen LogP contribution in [0.25, 0.3) is 0 Å². The quantitative estimate of drug-likeness (QED) is 0.501. The molecular formula is C22H22N2. The molecule has 3 aromatic rings. The Bertz CT molecular complexity index is 796. The standard InChI is InChI=1S/C22H22N2/c1-16-7-11-19(12-8-16)22(20-13-9-17(2)10-14-20)24-23-21-6-4-5-18(3)15-21/h4-15,23H,1-3H3. The molecule has 0 aromatic heterocycles. The molecule has 0 saturated carbocycles. The maximum atomic E-state index is 4.70. The predicted molar refractivity (Wildman–Crippen MR) is 103 cm³/mol. The van der Waals surface area contributed by atoms with E-state index in [-0.39, 0.29) is 0 Å². The van der Waals surface area contributed by atoms with Crippen molar-refractivity contribution >= 4 is 11.4 Å². The van der Waals surface area contributed by atoms with Gasteiger partial charge in [-0.2, -0.15) is 5.10 Å². The van der Waals surface area contributed by atoms with Crippen molar-refractivity contribution in [1.29, 1.82) is 0 Å². The highest BCUT2D eigenvalue weighted by Crippen LogP contribution is 2.15. The smallest absolute Gasteiger partial charge is 0.0977 e. The van der Waals surface area contributed by atoms with E-state index in [1.54, 1.807) is 0 Å². The summed E-state index contributed by atoms with van der Waals surface area (Å²) in [5, 5.41) is 4.70. The molecule has 2 nitrogen and oxygen atoms in total. The zero-order chi connectivity index (χ0) is 16.9. The number of aryl methyl sites for hydroxylation is 3. The summed E-state index contributed by atoms with van der Waals surface area (Å²) in [5.74, 6) is 0. The molecule has 3 aromatic carbocycles. The Labute approximate surface area is 143 Å². The molecule has 0 aliphatic heterocycles. The van der Waals surface area contributed by atoms with Gasteiger partial charge in [0.05, 0.1) is 11.4 Å². The van der Waals surface area contributed by atoms with E-state index in [0.29, 0.717) is 0 Å². The molecule has 0 bridgehead atoms. The van der Waals surface area contributed by atoms with Crippen molar-refractivity contribution in [3.63, 3.8) is 0 Å². The number of rotatable bonds is 4. The molecular weight excluding hydrogens is 292 g/mol. The van der Waals surface area contributed by atoms with E-state index >= 15 is 0 Å². The summed E-state index contributed by atoms with van der Waals surface area (Å²) in [6, 6.07) is 25.2. The monoisotopic (exact) mass is 314 g/mol. The number of hydrazone groups is 1. The summed E-state index contributed by atoms with van der Waals surface area (Å²) >= 11 is 0. The van der Waals surface area contributed by atoms with Gasteiger partial charge in [0.1, 0.15) is 0 Å². The van der Waals surface area contributed by atoms with Crippen molar-refractivity contribution in [3.05, 3.63) is 101 Å². The number of anilines is 1. The SMILES string of the molecule is Cc1ccc(C(=NNc2cccc(C)c2)c2ccc(C)cc2)cc1. The minimum Gasteiger partial charge on any atom is -0.278 e. The molecule has 0 amide bonds. The maximum absolute atomic E-state index is 4.70. The Kier molecular flexibility index (Phi) is 4.76. The molecule has 0 aliphatic carbocycles. The van der Waals surface area contributed by atoms with Crippen LogP contribution in [0.3, 0.4) is 0 Å². The van der Waals surface area contributed by atoms with Crippen LogP contribution in [0.1, 0.15) is 27.8 Å². The highest BCUT2D eigenvalue weighted by Gasteiger charge is 2.07. The largest absolute Gasteiger partial charge is 0.278 e. The molecule has 24 heavy (non-hydrogen) atoms. The molecule has 0 atom stereocenters. The Balaban J connectivity index is 1.99. The summed E-state index contributed by atoms with van der Waals surface area (Å²) in [6.07, 6.45) is 0. The Morgan fingerprint density at radius 3 is 1.71 bits per heavy atom. The minimum absolute atomic E-state index is 0.941. The lowest BCUT2D eigenvalue weighted by molar-refractivity contribution is 1.31. The van der Waals surface area contributed by atoms with Gasteiger partial charge >= 0.3 is 0 Å². The first-order valence-corrected chi connectivity index (χ1v) is 8.16. The molecule has 0 radical (unpaired) electrons. The van der Waals surface area contributed by atoms with E-state index in [4.69, 9.17) is 5.10 Å². The van der Waals surface area contributed by atoms with E-state index in [1.165, 1.54) is 16.7 Å². The van der Waals surface area contributed by atoms with Crippen molar-refractivity contribution in [3.8, 4) is 0 Å². The van der Waals surface area contributed by atoms with E-state index in [0.717, 1.165) is 22.5 Å². The third kappa shape index (κ3) is 3.90. The first-order chi connectivity index (χ1) is 11.6. The highest BCUT2D eigenvalue weighted by molar-refractivity contribution is 6.13. The van der Waals surface area contributed by atoms with Gasteiger partial charge in [-0.25, -0.2) is 0 Å². The second-order valence-corrected chi connectivity index (χ2v) is 6.17. The molecule has 0 unspecified atom stereocenters. The van der Waals surface area contributed by atoms with Gasteiger partial charge in [0.15, 0.2) is 0 Å². The number of benzene rings is 3.